The molecule has 1 unspecified atom stereocenters. The second-order valence-corrected chi connectivity index (χ2v) is 10.9. The first-order valence-electron chi connectivity index (χ1n) is 12.7. The zero-order valence-electron chi connectivity index (χ0n) is 22.2. The number of carbonyl (C=O) groups is 1. The van der Waals surface area contributed by atoms with Crippen LogP contribution in [0.3, 0.4) is 0 Å². The Morgan fingerprint density at radius 1 is 1.07 bits per heavy atom. The van der Waals surface area contributed by atoms with E-state index in [1.807, 2.05) is 79.7 Å². The summed E-state index contributed by atoms with van der Waals surface area (Å²) in [6, 6.07) is 22.4. The van der Waals surface area contributed by atoms with E-state index in [1.54, 1.807) is 17.6 Å². The van der Waals surface area contributed by atoms with Crippen molar-refractivity contribution in [2.24, 2.45) is 4.99 Å². The highest BCUT2D eigenvalue weighted by Gasteiger charge is 2.32. The van der Waals surface area contributed by atoms with E-state index >= 15 is 0 Å². The zero-order chi connectivity index (χ0) is 28.2. The minimum absolute atomic E-state index is 0.245. The molecule has 0 radical (unpaired) electrons. The van der Waals surface area contributed by atoms with Crippen LogP contribution in [-0.4, -0.2) is 24.3 Å². The summed E-state index contributed by atoms with van der Waals surface area (Å²) in [5, 5.41) is 0. The van der Waals surface area contributed by atoms with Gasteiger partial charge in [-0.1, -0.05) is 72.0 Å². The van der Waals surface area contributed by atoms with Gasteiger partial charge < -0.3 is 14.2 Å². The number of hydrogen-bond donors (Lipinski definition) is 0. The SMILES string of the molecule is CCOc1cc(C=c2sc3n(c2=O)C(c2ccccc2)C(C(=O)OC)=C(C)N=3)cc(Br)c1OCc1ccccc1. The molecule has 0 aliphatic carbocycles. The minimum atomic E-state index is -0.647. The molecule has 1 aliphatic rings. The molecule has 0 amide bonds. The number of thiazole rings is 1. The molecule has 3 aromatic carbocycles. The van der Waals surface area contributed by atoms with Gasteiger partial charge in [-0.15, -0.1) is 0 Å². The van der Waals surface area contributed by atoms with Gasteiger partial charge in [-0.2, -0.15) is 0 Å². The number of esters is 1. The molecule has 4 aromatic rings. The van der Waals surface area contributed by atoms with Crippen molar-refractivity contribution in [1.29, 1.82) is 0 Å². The normalized spacial score (nSPS) is 14.9. The fourth-order valence-electron chi connectivity index (χ4n) is 4.60. The lowest BCUT2D eigenvalue weighted by Crippen LogP contribution is -2.39. The van der Waals surface area contributed by atoms with Gasteiger partial charge in [0.05, 0.1) is 40.0 Å². The van der Waals surface area contributed by atoms with Crippen molar-refractivity contribution in [3.05, 3.63) is 125 Å². The quantitative estimate of drug-likeness (QED) is 0.255. The molecule has 1 atom stereocenters. The maximum atomic E-state index is 13.8. The maximum Gasteiger partial charge on any atom is 0.338 e. The Balaban J connectivity index is 1.59. The van der Waals surface area contributed by atoms with E-state index in [4.69, 9.17) is 14.2 Å². The van der Waals surface area contributed by atoms with E-state index < -0.39 is 12.0 Å². The highest BCUT2D eigenvalue weighted by molar-refractivity contribution is 9.10. The second-order valence-electron chi connectivity index (χ2n) is 9.02. The van der Waals surface area contributed by atoms with Crippen molar-refractivity contribution in [3.63, 3.8) is 0 Å². The summed E-state index contributed by atoms with van der Waals surface area (Å²) >= 11 is 4.90. The first-order valence-corrected chi connectivity index (χ1v) is 14.3. The standard InChI is InChI=1S/C31H27BrN2O5S/c1-4-38-24-16-21(15-23(32)28(24)39-18-20-11-7-5-8-12-20)17-25-29(35)34-27(22-13-9-6-10-14-22)26(30(36)37-3)19(2)33-31(34)40-25/h5-17,27H,4,18H2,1-3H3. The Morgan fingerprint density at radius 3 is 2.45 bits per heavy atom. The smallest absolute Gasteiger partial charge is 0.338 e. The van der Waals surface area contributed by atoms with Crippen LogP contribution in [0.1, 0.15) is 36.6 Å². The van der Waals surface area contributed by atoms with Crippen LogP contribution in [0.2, 0.25) is 0 Å². The number of nitrogens with zero attached hydrogens (tertiary/aromatic N) is 2. The predicted molar refractivity (Wildman–Crippen MR) is 158 cm³/mol. The third-order valence-electron chi connectivity index (χ3n) is 6.40. The van der Waals surface area contributed by atoms with Crippen LogP contribution in [0.4, 0.5) is 0 Å². The predicted octanol–water partition coefficient (Wildman–Crippen LogP) is 5.15. The molecule has 9 heteroatoms. The molecular formula is C31H27BrN2O5S. The fraction of sp³-hybridized carbons (Fsp3) is 0.194. The number of methoxy groups -OCH3 is 1. The molecule has 40 heavy (non-hydrogen) atoms. The van der Waals surface area contributed by atoms with Gasteiger partial charge in [0.1, 0.15) is 6.61 Å². The molecule has 7 nitrogen and oxygen atoms in total. The average Bonchev–Trinajstić information content (AvgIpc) is 3.26. The van der Waals surface area contributed by atoms with E-state index in [-0.39, 0.29) is 5.56 Å². The van der Waals surface area contributed by atoms with Crippen LogP contribution in [0, 0.1) is 0 Å². The molecule has 0 saturated heterocycles. The third kappa shape index (κ3) is 5.52. The number of carbonyl (C=O) groups excluding carboxylic acids is 1. The minimum Gasteiger partial charge on any atom is -0.490 e. The molecule has 0 saturated carbocycles. The van der Waals surface area contributed by atoms with Crippen LogP contribution in [0.15, 0.2) is 98.3 Å². The molecule has 1 aromatic heterocycles. The van der Waals surface area contributed by atoms with E-state index in [0.717, 1.165) is 16.7 Å². The van der Waals surface area contributed by atoms with Crippen LogP contribution < -0.4 is 24.4 Å². The highest BCUT2D eigenvalue weighted by atomic mass is 79.9. The monoisotopic (exact) mass is 618 g/mol. The summed E-state index contributed by atoms with van der Waals surface area (Å²) in [6.45, 7) is 4.51. The van der Waals surface area contributed by atoms with Gasteiger partial charge in [-0.25, -0.2) is 9.79 Å². The summed E-state index contributed by atoms with van der Waals surface area (Å²) in [5.74, 6) is 0.644. The Kier molecular flexibility index (Phi) is 8.32. The van der Waals surface area contributed by atoms with Gasteiger partial charge in [0, 0.05) is 0 Å². The van der Waals surface area contributed by atoms with Crippen molar-refractivity contribution in [1.82, 2.24) is 4.57 Å². The molecule has 0 fully saturated rings. The third-order valence-corrected chi connectivity index (χ3v) is 7.97. The van der Waals surface area contributed by atoms with Crippen molar-refractivity contribution in [2.75, 3.05) is 13.7 Å². The lowest BCUT2D eigenvalue weighted by molar-refractivity contribution is -0.136. The van der Waals surface area contributed by atoms with Gasteiger partial charge in [0.15, 0.2) is 16.3 Å². The number of hydrogen-bond acceptors (Lipinski definition) is 7. The summed E-state index contributed by atoms with van der Waals surface area (Å²) < 4.78 is 19.8. The number of aromatic nitrogens is 1. The molecule has 0 spiro atoms. The van der Waals surface area contributed by atoms with Gasteiger partial charge in [0.2, 0.25) is 0 Å². The first-order chi connectivity index (χ1) is 19.4. The zero-order valence-corrected chi connectivity index (χ0v) is 24.6. The van der Waals surface area contributed by atoms with E-state index in [9.17, 15) is 9.59 Å². The number of allylic oxidation sites excluding steroid dienone is 1. The number of fused-ring (bicyclic) bond motifs is 1. The molecule has 1 aliphatic heterocycles. The maximum absolute atomic E-state index is 13.8. The average molecular weight is 620 g/mol. The van der Waals surface area contributed by atoms with Gasteiger partial charge in [-0.3, -0.25) is 9.36 Å². The number of benzene rings is 3. The fourth-order valence-corrected chi connectivity index (χ4v) is 6.22. The topological polar surface area (TPSA) is 79.1 Å². The highest BCUT2D eigenvalue weighted by Crippen LogP contribution is 2.38. The van der Waals surface area contributed by atoms with Gasteiger partial charge >= 0.3 is 5.97 Å². The molecule has 0 bridgehead atoms. The summed E-state index contributed by atoms with van der Waals surface area (Å²) in [4.78, 5) is 31.8. The van der Waals surface area contributed by atoms with Crippen LogP contribution in [0.5, 0.6) is 11.5 Å². The number of halogens is 1. The Hall–Kier alpha value is -3.95. The second kappa shape index (κ2) is 12.1. The molecular weight excluding hydrogens is 592 g/mol. The number of ether oxygens (including phenoxy) is 3. The largest absolute Gasteiger partial charge is 0.490 e. The van der Waals surface area contributed by atoms with Crippen molar-refractivity contribution >= 4 is 39.3 Å². The van der Waals surface area contributed by atoms with E-state index in [0.29, 0.717) is 49.8 Å². The molecule has 204 valence electrons. The van der Waals surface area contributed by atoms with Crippen LogP contribution >= 0.6 is 27.3 Å². The summed E-state index contributed by atoms with van der Waals surface area (Å²) in [7, 11) is 1.33. The Bertz CT molecular complexity index is 1760. The Morgan fingerprint density at radius 2 is 1.77 bits per heavy atom. The van der Waals surface area contributed by atoms with Crippen molar-refractivity contribution in [2.45, 2.75) is 26.5 Å². The van der Waals surface area contributed by atoms with Crippen molar-refractivity contribution < 1.29 is 19.0 Å². The van der Waals surface area contributed by atoms with Crippen LogP contribution in [-0.2, 0) is 16.1 Å². The number of rotatable bonds is 8. The van der Waals surface area contributed by atoms with E-state index in [1.165, 1.54) is 18.4 Å². The first kappa shape index (κ1) is 27.6. The summed E-state index contributed by atoms with van der Waals surface area (Å²) in [5.41, 5.74) is 3.21. The van der Waals surface area contributed by atoms with Gasteiger partial charge in [0.25, 0.3) is 5.56 Å². The van der Waals surface area contributed by atoms with Crippen molar-refractivity contribution in [3.8, 4) is 11.5 Å². The molecule has 5 rings (SSSR count). The molecule has 0 N–H and O–H groups in total. The van der Waals surface area contributed by atoms with Gasteiger partial charge in [-0.05, 0) is 64.7 Å². The molecule has 2 heterocycles. The Labute approximate surface area is 243 Å². The van der Waals surface area contributed by atoms with E-state index in [2.05, 4.69) is 20.9 Å². The van der Waals surface area contributed by atoms with Crippen LogP contribution in [0.25, 0.3) is 6.08 Å². The lowest BCUT2D eigenvalue weighted by Gasteiger charge is -2.24. The lowest BCUT2D eigenvalue weighted by atomic mass is 9.96. The summed E-state index contributed by atoms with van der Waals surface area (Å²) in [6.07, 6.45) is 1.80.